The minimum atomic E-state index is -3.32. The largest absolute Gasteiger partial charge is 0.384 e. The SMILES string of the molecule is CCOCCS(=O)(=O)NCc1cn[nH]c1N. The Morgan fingerprint density at radius 1 is 1.62 bits per heavy atom. The molecule has 0 aromatic carbocycles. The normalized spacial score (nSPS) is 11.8. The molecule has 0 unspecified atom stereocenters. The molecule has 0 saturated carbocycles. The second kappa shape index (κ2) is 5.83. The van der Waals surface area contributed by atoms with Crippen LogP contribution in [0.3, 0.4) is 0 Å². The molecule has 8 heteroatoms. The predicted molar refractivity (Wildman–Crippen MR) is 60.1 cm³/mol. The van der Waals surface area contributed by atoms with Gasteiger partial charge in [0.15, 0.2) is 0 Å². The van der Waals surface area contributed by atoms with Crippen molar-refractivity contribution in [3.8, 4) is 0 Å². The molecule has 16 heavy (non-hydrogen) atoms. The molecule has 1 aromatic heterocycles. The van der Waals surface area contributed by atoms with Gasteiger partial charge in [-0.3, -0.25) is 5.10 Å². The number of sulfonamides is 1. The van der Waals surface area contributed by atoms with Crippen LogP contribution in [0.2, 0.25) is 0 Å². The molecule has 0 aliphatic heterocycles. The van der Waals surface area contributed by atoms with Gasteiger partial charge in [0.1, 0.15) is 5.82 Å². The molecule has 7 nitrogen and oxygen atoms in total. The van der Waals surface area contributed by atoms with Crippen molar-refractivity contribution in [1.82, 2.24) is 14.9 Å². The van der Waals surface area contributed by atoms with Gasteiger partial charge in [-0.05, 0) is 6.92 Å². The first-order valence-corrected chi connectivity index (χ1v) is 6.53. The number of hydrogen-bond donors (Lipinski definition) is 3. The van der Waals surface area contributed by atoms with Crippen LogP contribution in [0.1, 0.15) is 12.5 Å². The summed E-state index contributed by atoms with van der Waals surface area (Å²) in [5, 5.41) is 6.21. The van der Waals surface area contributed by atoms with E-state index in [2.05, 4.69) is 14.9 Å². The summed E-state index contributed by atoms with van der Waals surface area (Å²) < 4.78 is 30.3. The van der Waals surface area contributed by atoms with Crippen LogP contribution in [0.15, 0.2) is 6.20 Å². The van der Waals surface area contributed by atoms with E-state index >= 15 is 0 Å². The Bertz CT molecular complexity index is 415. The summed E-state index contributed by atoms with van der Waals surface area (Å²) in [7, 11) is -3.32. The molecule has 0 radical (unpaired) electrons. The van der Waals surface area contributed by atoms with Gasteiger partial charge in [0, 0.05) is 18.7 Å². The summed E-state index contributed by atoms with van der Waals surface area (Å²) in [6, 6.07) is 0. The van der Waals surface area contributed by atoms with Crippen LogP contribution in [0, 0.1) is 0 Å². The van der Waals surface area contributed by atoms with Crippen molar-refractivity contribution in [2.75, 3.05) is 24.7 Å². The fourth-order valence-corrected chi connectivity index (χ4v) is 1.89. The summed E-state index contributed by atoms with van der Waals surface area (Å²) in [5.74, 6) is 0.311. The topological polar surface area (TPSA) is 110 Å². The standard InChI is InChI=1S/C8H16N4O3S/c1-2-15-3-4-16(13,14)11-6-7-5-10-12-8(7)9/h5,11H,2-4,6H2,1H3,(H3,9,10,12). The molecular weight excluding hydrogens is 232 g/mol. The van der Waals surface area contributed by atoms with Crippen LogP contribution in [0.25, 0.3) is 0 Å². The molecular formula is C8H16N4O3S. The Labute approximate surface area is 94.4 Å². The van der Waals surface area contributed by atoms with Crippen LogP contribution in [-0.4, -0.2) is 37.6 Å². The molecule has 0 aliphatic rings. The van der Waals surface area contributed by atoms with Crippen molar-refractivity contribution in [3.63, 3.8) is 0 Å². The second-order valence-corrected chi connectivity index (χ2v) is 5.07. The zero-order valence-corrected chi connectivity index (χ0v) is 9.88. The van der Waals surface area contributed by atoms with Crippen molar-refractivity contribution in [2.45, 2.75) is 13.5 Å². The summed E-state index contributed by atoms with van der Waals surface area (Å²) in [4.78, 5) is 0. The van der Waals surface area contributed by atoms with Crippen LogP contribution in [-0.2, 0) is 21.3 Å². The fraction of sp³-hybridized carbons (Fsp3) is 0.625. The Balaban J connectivity index is 2.39. The maximum atomic E-state index is 11.4. The lowest BCUT2D eigenvalue weighted by molar-refractivity contribution is 0.163. The molecule has 0 atom stereocenters. The van der Waals surface area contributed by atoms with E-state index in [1.807, 2.05) is 6.92 Å². The van der Waals surface area contributed by atoms with Gasteiger partial charge in [-0.15, -0.1) is 0 Å². The lowest BCUT2D eigenvalue weighted by atomic mass is 10.3. The van der Waals surface area contributed by atoms with E-state index in [1.165, 1.54) is 6.20 Å². The van der Waals surface area contributed by atoms with Gasteiger partial charge in [-0.1, -0.05) is 0 Å². The summed E-state index contributed by atoms with van der Waals surface area (Å²) >= 11 is 0. The molecule has 0 fully saturated rings. The average molecular weight is 248 g/mol. The van der Waals surface area contributed by atoms with Gasteiger partial charge >= 0.3 is 0 Å². The van der Waals surface area contributed by atoms with E-state index in [0.717, 1.165) is 0 Å². The number of ether oxygens (including phenoxy) is 1. The van der Waals surface area contributed by atoms with Crippen molar-refractivity contribution >= 4 is 15.8 Å². The van der Waals surface area contributed by atoms with Crippen molar-refractivity contribution < 1.29 is 13.2 Å². The first kappa shape index (κ1) is 12.9. The second-order valence-electron chi connectivity index (χ2n) is 3.15. The Morgan fingerprint density at radius 3 is 2.94 bits per heavy atom. The lowest BCUT2D eigenvalue weighted by Gasteiger charge is -2.05. The summed E-state index contributed by atoms with van der Waals surface area (Å²) in [6.45, 7) is 2.64. The van der Waals surface area contributed by atoms with Gasteiger partial charge in [0.2, 0.25) is 10.0 Å². The third kappa shape index (κ3) is 4.17. The van der Waals surface area contributed by atoms with Crippen LogP contribution >= 0.6 is 0 Å². The smallest absolute Gasteiger partial charge is 0.214 e. The van der Waals surface area contributed by atoms with E-state index < -0.39 is 10.0 Å². The number of nitrogens with one attached hydrogen (secondary N) is 2. The zero-order valence-electron chi connectivity index (χ0n) is 9.06. The van der Waals surface area contributed by atoms with Crippen molar-refractivity contribution in [3.05, 3.63) is 11.8 Å². The minimum absolute atomic E-state index is 0.0569. The van der Waals surface area contributed by atoms with Crippen LogP contribution in [0.4, 0.5) is 5.82 Å². The van der Waals surface area contributed by atoms with Crippen molar-refractivity contribution in [1.29, 1.82) is 0 Å². The molecule has 1 rings (SSSR count). The average Bonchev–Trinajstić information content (AvgIpc) is 2.62. The van der Waals surface area contributed by atoms with E-state index in [1.54, 1.807) is 0 Å². The van der Waals surface area contributed by atoms with Crippen LogP contribution in [0.5, 0.6) is 0 Å². The van der Waals surface area contributed by atoms with Gasteiger partial charge in [-0.25, -0.2) is 13.1 Å². The highest BCUT2D eigenvalue weighted by atomic mass is 32.2. The maximum Gasteiger partial charge on any atom is 0.214 e. The molecule has 4 N–H and O–H groups in total. The van der Waals surface area contributed by atoms with Gasteiger partial charge in [0.05, 0.1) is 18.6 Å². The molecule has 0 aliphatic carbocycles. The highest BCUT2D eigenvalue weighted by Crippen LogP contribution is 2.05. The third-order valence-electron chi connectivity index (χ3n) is 1.93. The molecule has 0 spiro atoms. The molecule has 1 heterocycles. The Morgan fingerprint density at radius 2 is 2.38 bits per heavy atom. The van der Waals surface area contributed by atoms with E-state index in [4.69, 9.17) is 10.5 Å². The molecule has 0 bridgehead atoms. The van der Waals surface area contributed by atoms with Gasteiger partial charge in [-0.2, -0.15) is 5.10 Å². The first-order chi connectivity index (χ1) is 7.55. The Kier molecular flexibility index (Phi) is 4.71. The predicted octanol–water partition coefficient (Wildman–Crippen LogP) is -0.552. The Hall–Kier alpha value is -1.12. The number of aromatic amines is 1. The third-order valence-corrected chi connectivity index (χ3v) is 3.22. The number of nitrogens with two attached hydrogens (primary N) is 1. The fourth-order valence-electron chi connectivity index (χ4n) is 1.03. The minimum Gasteiger partial charge on any atom is -0.384 e. The first-order valence-electron chi connectivity index (χ1n) is 4.88. The molecule has 92 valence electrons. The van der Waals surface area contributed by atoms with E-state index in [9.17, 15) is 8.42 Å². The van der Waals surface area contributed by atoms with Crippen LogP contribution < -0.4 is 10.5 Å². The monoisotopic (exact) mass is 248 g/mol. The van der Waals surface area contributed by atoms with Crippen molar-refractivity contribution in [2.24, 2.45) is 0 Å². The number of rotatable bonds is 7. The number of anilines is 1. The maximum absolute atomic E-state index is 11.4. The summed E-state index contributed by atoms with van der Waals surface area (Å²) in [5.41, 5.74) is 6.14. The quantitative estimate of drug-likeness (QED) is 0.561. The highest BCUT2D eigenvalue weighted by Gasteiger charge is 2.11. The zero-order chi connectivity index (χ0) is 12.0. The highest BCUT2D eigenvalue weighted by molar-refractivity contribution is 7.89. The number of nitrogens with zero attached hydrogens (tertiary/aromatic N) is 1. The lowest BCUT2D eigenvalue weighted by Crippen LogP contribution is -2.28. The summed E-state index contributed by atoms with van der Waals surface area (Å²) in [6.07, 6.45) is 1.49. The van der Waals surface area contributed by atoms with Gasteiger partial charge in [0.25, 0.3) is 0 Å². The number of H-pyrrole nitrogens is 1. The number of nitrogen functional groups attached to an aromatic ring is 1. The molecule has 0 amide bonds. The van der Waals surface area contributed by atoms with E-state index in [0.29, 0.717) is 18.0 Å². The number of hydrogen-bond acceptors (Lipinski definition) is 5. The number of aromatic nitrogens is 2. The molecule has 0 saturated heterocycles. The van der Waals surface area contributed by atoms with Gasteiger partial charge < -0.3 is 10.5 Å². The van der Waals surface area contributed by atoms with E-state index in [-0.39, 0.29) is 18.9 Å². The molecule has 1 aromatic rings.